The van der Waals surface area contributed by atoms with Gasteiger partial charge in [0.25, 0.3) is 0 Å². The average molecular weight is 200 g/mol. The van der Waals surface area contributed by atoms with Gasteiger partial charge < -0.3 is 9.46 Å². The van der Waals surface area contributed by atoms with Gasteiger partial charge in [-0.3, -0.25) is 10.6 Å². The third kappa shape index (κ3) is 2.81. The van der Waals surface area contributed by atoms with E-state index in [0.29, 0.717) is 0 Å². The molecule has 0 aromatic rings. The zero-order valence-electron chi connectivity index (χ0n) is 7.89. The molecule has 66 valence electrons. The van der Waals surface area contributed by atoms with Crippen LogP contribution in [0.25, 0.3) is 0 Å². The first-order valence-corrected chi connectivity index (χ1v) is 5.82. The van der Waals surface area contributed by atoms with Crippen molar-refractivity contribution in [2.24, 2.45) is 0 Å². The molecule has 1 fully saturated rings. The first-order valence-electron chi connectivity index (χ1n) is 3.74. The monoisotopic (exact) mass is 200 g/mol. The number of hydrogen-bond acceptors (Lipinski definition) is 4. The first kappa shape index (κ1) is 13.1. The predicted molar refractivity (Wildman–Crippen MR) is 42.6 cm³/mol. The van der Waals surface area contributed by atoms with Crippen molar-refractivity contribution in [2.75, 3.05) is 19.8 Å². The van der Waals surface area contributed by atoms with Crippen molar-refractivity contribution in [3.63, 3.8) is 0 Å². The molecule has 12 heavy (non-hydrogen) atoms. The summed E-state index contributed by atoms with van der Waals surface area (Å²) in [6.45, 7) is 4.46. The van der Waals surface area contributed by atoms with Crippen LogP contribution in [0, 0.1) is 0 Å². The van der Waals surface area contributed by atoms with Gasteiger partial charge in [-0.05, 0) is 33.1 Å². The van der Waals surface area contributed by atoms with Crippen molar-refractivity contribution in [3.8, 4) is 0 Å². The quantitative estimate of drug-likeness (QED) is 0.341. The van der Waals surface area contributed by atoms with E-state index in [2.05, 4.69) is 10.6 Å². The molecule has 0 saturated carbocycles. The van der Waals surface area contributed by atoms with Crippen LogP contribution in [0.3, 0.4) is 0 Å². The Morgan fingerprint density at radius 2 is 1.83 bits per heavy atom. The topological polar surface area (TPSA) is 64.2 Å². The van der Waals surface area contributed by atoms with Crippen molar-refractivity contribution in [1.82, 2.24) is 10.6 Å². The zero-order valence-corrected chi connectivity index (χ0v) is 10.8. The van der Waals surface area contributed by atoms with Gasteiger partial charge >= 0.3 is 29.6 Å². The van der Waals surface area contributed by atoms with E-state index >= 15 is 0 Å². The predicted octanol–water partition coefficient (Wildman–Crippen LogP) is -3.48. The van der Waals surface area contributed by atoms with Crippen LogP contribution in [-0.4, -0.2) is 25.2 Å². The van der Waals surface area contributed by atoms with Gasteiger partial charge in [0.2, 0.25) is 0 Å². The smallest absolute Gasteiger partial charge is 0.797 e. The molecule has 0 spiro atoms. The summed E-state index contributed by atoms with van der Waals surface area (Å²) in [5.41, 5.74) is 0. The molecule has 1 unspecified atom stereocenters. The van der Waals surface area contributed by atoms with Crippen LogP contribution in [0.5, 0.6) is 0 Å². The Kier molecular flexibility index (Phi) is 4.98. The zero-order chi connectivity index (χ0) is 8.54. The molecule has 0 bridgehead atoms. The second-order valence-electron chi connectivity index (χ2n) is 3.13. The first-order chi connectivity index (χ1) is 4.96. The summed E-state index contributed by atoms with van der Waals surface area (Å²) in [6.07, 6.45) is 0.982. The van der Waals surface area contributed by atoms with E-state index in [0.717, 1.165) is 19.5 Å². The van der Waals surface area contributed by atoms with Crippen molar-refractivity contribution in [1.29, 1.82) is 0 Å². The van der Waals surface area contributed by atoms with Gasteiger partial charge in [0.1, 0.15) is 5.40 Å². The van der Waals surface area contributed by atoms with E-state index in [4.69, 9.17) is 0 Å². The van der Waals surface area contributed by atoms with Crippen LogP contribution in [0.2, 0.25) is 0 Å². The van der Waals surface area contributed by atoms with Crippen molar-refractivity contribution in [2.45, 2.75) is 18.7 Å². The van der Waals surface area contributed by atoms with E-state index in [-0.39, 0.29) is 29.6 Å². The van der Waals surface area contributed by atoms with Crippen molar-refractivity contribution >= 4 is 7.37 Å². The molecule has 1 rings (SSSR count). The normalized spacial score (nSPS) is 26.9. The van der Waals surface area contributed by atoms with Crippen LogP contribution in [0.1, 0.15) is 13.3 Å². The summed E-state index contributed by atoms with van der Waals surface area (Å²) in [4.78, 5) is 11.2. The molecule has 6 heteroatoms. The summed E-state index contributed by atoms with van der Waals surface area (Å²) < 4.78 is 11.2. The van der Waals surface area contributed by atoms with Crippen LogP contribution in [-0.2, 0) is 4.57 Å². The van der Waals surface area contributed by atoms with Crippen LogP contribution < -0.4 is 45.1 Å². The van der Waals surface area contributed by atoms with Gasteiger partial charge in [0, 0.05) is 7.37 Å². The average Bonchev–Trinajstić information content (AvgIpc) is 1.87. The SMILES string of the molecule is CC1(P(C)(=O)[O-])NCCCN1.[Na+]. The Labute approximate surface area is 95.2 Å². The molecule has 1 aliphatic heterocycles. The third-order valence-electron chi connectivity index (χ3n) is 2.10. The maximum Gasteiger partial charge on any atom is 1.00 e. The molecular weight excluding hydrogens is 186 g/mol. The minimum absolute atomic E-state index is 0. The Hall–Kier alpha value is 1.11. The standard InChI is InChI=1S/C6H15N2O2P.Na/c1-6(11(2,9)10)7-4-3-5-8-6;/h7-8H,3-5H2,1-2H3,(H,9,10);/q;+1/p-1. The van der Waals surface area contributed by atoms with E-state index in [1.54, 1.807) is 6.92 Å². The Balaban J connectivity index is 0.00000121. The molecule has 0 radical (unpaired) electrons. The Morgan fingerprint density at radius 1 is 1.42 bits per heavy atom. The molecule has 0 aromatic carbocycles. The van der Waals surface area contributed by atoms with E-state index in [9.17, 15) is 9.46 Å². The molecule has 4 nitrogen and oxygen atoms in total. The van der Waals surface area contributed by atoms with E-state index in [1.165, 1.54) is 6.66 Å². The fourth-order valence-electron chi connectivity index (χ4n) is 1.10. The summed E-state index contributed by atoms with van der Waals surface area (Å²) in [7, 11) is -3.33. The van der Waals surface area contributed by atoms with Gasteiger partial charge in [-0.1, -0.05) is 0 Å². The van der Waals surface area contributed by atoms with E-state index in [1.807, 2.05) is 0 Å². The minimum Gasteiger partial charge on any atom is -0.797 e. The molecule has 1 aliphatic rings. The van der Waals surface area contributed by atoms with Crippen LogP contribution in [0.15, 0.2) is 0 Å². The van der Waals surface area contributed by atoms with Gasteiger partial charge in [0.15, 0.2) is 0 Å². The molecule has 1 atom stereocenters. The van der Waals surface area contributed by atoms with Crippen molar-refractivity contribution < 1.29 is 39.0 Å². The van der Waals surface area contributed by atoms with Gasteiger partial charge in [-0.2, -0.15) is 0 Å². The van der Waals surface area contributed by atoms with Crippen molar-refractivity contribution in [3.05, 3.63) is 0 Å². The summed E-state index contributed by atoms with van der Waals surface area (Å²) in [5, 5.41) is 5.01. The maximum atomic E-state index is 11.2. The fraction of sp³-hybridized carbons (Fsp3) is 1.00. The second kappa shape index (κ2) is 4.56. The molecule has 1 saturated heterocycles. The molecule has 0 aliphatic carbocycles. The molecule has 0 amide bonds. The van der Waals surface area contributed by atoms with Gasteiger partial charge in [-0.25, -0.2) is 0 Å². The molecule has 1 heterocycles. The van der Waals surface area contributed by atoms with Gasteiger partial charge in [-0.15, -0.1) is 0 Å². The fourth-order valence-corrected chi connectivity index (χ4v) is 1.90. The Morgan fingerprint density at radius 3 is 2.08 bits per heavy atom. The summed E-state index contributed by atoms with van der Waals surface area (Å²) in [5.74, 6) is 0. The summed E-state index contributed by atoms with van der Waals surface area (Å²) in [6, 6.07) is 0. The molecular formula is C6H14N2NaO2P. The van der Waals surface area contributed by atoms with E-state index < -0.39 is 12.8 Å². The minimum atomic E-state index is -3.33. The number of hydrogen-bond donors (Lipinski definition) is 2. The number of rotatable bonds is 1. The van der Waals surface area contributed by atoms with Crippen LogP contribution >= 0.6 is 7.37 Å². The molecule has 2 N–H and O–H groups in total. The van der Waals surface area contributed by atoms with Crippen LogP contribution in [0.4, 0.5) is 0 Å². The third-order valence-corrected chi connectivity index (χ3v) is 4.05. The van der Waals surface area contributed by atoms with Gasteiger partial charge in [0.05, 0.1) is 0 Å². The maximum absolute atomic E-state index is 11.2. The number of nitrogens with one attached hydrogen (secondary N) is 2. The largest absolute Gasteiger partial charge is 1.00 e. The Bertz CT molecular complexity index is 188. The molecule has 0 aromatic heterocycles. The second-order valence-corrected chi connectivity index (χ2v) is 5.71. The summed E-state index contributed by atoms with van der Waals surface area (Å²) >= 11 is 0.